The Labute approximate surface area is 126 Å². The lowest BCUT2D eigenvalue weighted by molar-refractivity contribution is -0.132. The van der Waals surface area contributed by atoms with Crippen LogP contribution in [0.2, 0.25) is 0 Å². The summed E-state index contributed by atoms with van der Waals surface area (Å²) in [6.07, 6.45) is 0. The minimum atomic E-state index is -1.07. The van der Waals surface area contributed by atoms with Gasteiger partial charge in [0.05, 0.1) is 11.4 Å². The zero-order valence-corrected chi connectivity index (χ0v) is 12.4. The number of carbonyl (C=O) groups is 2. The molecule has 114 valence electrons. The van der Waals surface area contributed by atoms with Crippen molar-refractivity contribution in [2.75, 3.05) is 11.9 Å². The highest BCUT2D eigenvalue weighted by atomic mass is 16.5. The predicted octanol–water partition coefficient (Wildman–Crippen LogP) is 1.91. The zero-order chi connectivity index (χ0) is 16.1. The fourth-order valence-corrected chi connectivity index (χ4v) is 2.44. The number of fused-ring (bicyclic) bond motifs is 1. The number of likely N-dealkylation sites (N-methyl/N-ethyl adjacent to an activating group) is 1. The summed E-state index contributed by atoms with van der Waals surface area (Å²) in [6.45, 7) is 3.44. The van der Waals surface area contributed by atoms with Crippen LogP contribution in [0.15, 0.2) is 24.3 Å². The van der Waals surface area contributed by atoms with Crippen LogP contribution >= 0.6 is 0 Å². The molecule has 7 heteroatoms. The number of anilines is 1. The van der Waals surface area contributed by atoms with Crippen LogP contribution in [0.3, 0.4) is 0 Å². The van der Waals surface area contributed by atoms with Crippen molar-refractivity contribution < 1.29 is 19.4 Å². The topological polar surface area (TPSA) is 95.5 Å². The lowest BCUT2D eigenvalue weighted by atomic mass is 10.0. The van der Waals surface area contributed by atoms with Crippen molar-refractivity contribution in [3.63, 3.8) is 0 Å². The average molecular weight is 301 g/mol. The Bertz CT molecular complexity index is 779. The van der Waals surface area contributed by atoms with Crippen molar-refractivity contribution in [2.24, 2.45) is 0 Å². The van der Waals surface area contributed by atoms with Gasteiger partial charge in [-0.1, -0.05) is 0 Å². The molecule has 0 atom stereocenters. The molecule has 0 fully saturated rings. The lowest BCUT2D eigenvalue weighted by Crippen LogP contribution is -2.50. The Hall–Kier alpha value is -2.83. The number of hydrogen-bond donors (Lipinski definition) is 2. The number of rotatable bonds is 2. The molecule has 1 aliphatic rings. The number of ether oxygens (including phenoxy) is 1. The van der Waals surface area contributed by atoms with E-state index in [1.807, 2.05) is 0 Å². The van der Waals surface area contributed by atoms with Gasteiger partial charge in [-0.15, -0.1) is 0 Å². The SMILES string of the molecule is CN1C(=O)C(C)(C)Oc2ccc(-c3cc(C(=O)O)[nH]n3)cc21. The molecular weight excluding hydrogens is 286 g/mol. The first kappa shape index (κ1) is 14.1. The Morgan fingerprint density at radius 2 is 2.09 bits per heavy atom. The first-order valence-electron chi connectivity index (χ1n) is 6.70. The summed E-state index contributed by atoms with van der Waals surface area (Å²) in [6, 6.07) is 6.73. The molecule has 0 bridgehead atoms. The third-order valence-electron chi connectivity index (χ3n) is 3.61. The second-order valence-electron chi connectivity index (χ2n) is 5.63. The summed E-state index contributed by atoms with van der Waals surface area (Å²) in [7, 11) is 1.68. The average Bonchev–Trinajstić information content (AvgIpc) is 2.94. The van der Waals surface area contributed by atoms with Crippen LogP contribution < -0.4 is 9.64 Å². The molecule has 0 aliphatic carbocycles. The molecule has 2 aromatic rings. The van der Waals surface area contributed by atoms with Crippen LogP contribution in [0, 0.1) is 0 Å². The van der Waals surface area contributed by atoms with E-state index in [4.69, 9.17) is 9.84 Å². The fourth-order valence-electron chi connectivity index (χ4n) is 2.44. The third-order valence-corrected chi connectivity index (χ3v) is 3.61. The Morgan fingerprint density at radius 1 is 1.36 bits per heavy atom. The van der Waals surface area contributed by atoms with Crippen molar-refractivity contribution in [3.05, 3.63) is 30.0 Å². The van der Waals surface area contributed by atoms with Crippen molar-refractivity contribution in [1.82, 2.24) is 10.2 Å². The molecule has 2 N–H and O–H groups in total. The van der Waals surface area contributed by atoms with E-state index < -0.39 is 11.6 Å². The molecule has 0 radical (unpaired) electrons. The molecule has 3 rings (SSSR count). The molecule has 2 heterocycles. The summed E-state index contributed by atoms with van der Waals surface area (Å²) in [4.78, 5) is 24.7. The standard InChI is InChI=1S/C15H15N3O4/c1-15(2)14(21)18(3)11-6-8(4-5-12(11)22-15)9-7-10(13(19)20)17-16-9/h4-7H,1-3H3,(H,16,17)(H,19,20). The maximum atomic E-state index is 12.3. The van der Waals surface area contributed by atoms with Gasteiger partial charge in [0.2, 0.25) is 0 Å². The number of carbonyl (C=O) groups excluding carboxylic acids is 1. The van der Waals surface area contributed by atoms with Crippen molar-refractivity contribution >= 4 is 17.6 Å². The van der Waals surface area contributed by atoms with Crippen LogP contribution in [-0.2, 0) is 4.79 Å². The van der Waals surface area contributed by atoms with Gasteiger partial charge in [0.25, 0.3) is 5.91 Å². The molecule has 1 aromatic carbocycles. The molecule has 22 heavy (non-hydrogen) atoms. The van der Waals surface area contributed by atoms with Gasteiger partial charge >= 0.3 is 5.97 Å². The Balaban J connectivity index is 2.04. The number of nitrogens with zero attached hydrogens (tertiary/aromatic N) is 2. The number of nitrogens with one attached hydrogen (secondary N) is 1. The van der Waals surface area contributed by atoms with Gasteiger partial charge in [0.15, 0.2) is 5.60 Å². The molecule has 0 saturated heterocycles. The van der Waals surface area contributed by atoms with E-state index in [1.54, 1.807) is 39.1 Å². The van der Waals surface area contributed by atoms with Gasteiger partial charge in [0.1, 0.15) is 11.4 Å². The van der Waals surface area contributed by atoms with E-state index in [2.05, 4.69) is 10.2 Å². The first-order valence-corrected chi connectivity index (χ1v) is 6.70. The second kappa shape index (κ2) is 4.59. The molecule has 1 amide bonds. The molecule has 0 spiro atoms. The summed E-state index contributed by atoms with van der Waals surface area (Å²) >= 11 is 0. The third kappa shape index (κ3) is 2.11. The Morgan fingerprint density at radius 3 is 2.73 bits per heavy atom. The van der Waals surface area contributed by atoms with Gasteiger partial charge in [-0.05, 0) is 38.1 Å². The molecular formula is C15H15N3O4. The highest BCUT2D eigenvalue weighted by Gasteiger charge is 2.39. The molecule has 0 unspecified atom stereocenters. The normalized spacial score (nSPS) is 16.1. The van der Waals surface area contributed by atoms with Crippen molar-refractivity contribution in [2.45, 2.75) is 19.4 Å². The summed E-state index contributed by atoms with van der Waals surface area (Å²) in [5.74, 6) is -0.621. The number of aromatic nitrogens is 2. The number of aromatic amines is 1. The first-order chi connectivity index (χ1) is 10.3. The summed E-state index contributed by atoms with van der Waals surface area (Å²) in [5, 5.41) is 15.4. The number of carboxylic acids is 1. The van der Waals surface area contributed by atoms with Crippen molar-refractivity contribution in [3.8, 4) is 17.0 Å². The van der Waals surface area contributed by atoms with Crippen LogP contribution in [0.4, 0.5) is 5.69 Å². The van der Waals surface area contributed by atoms with Gasteiger partial charge in [-0.25, -0.2) is 4.79 Å². The highest BCUT2D eigenvalue weighted by Crippen LogP contribution is 2.39. The number of carboxylic acid groups (broad SMARTS) is 1. The van der Waals surface area contributed by atoms with Crippen LogP contribution in [0.25, 0.3) is 11.3 Å². The maximum absolute atomic E-state index is 12.3. The van der Waals surface area contributed by atoms with Gasteiger partial charge in [-0.3, -0.25) is 9.89 Å². The number of H-pyrrole nitrogens is 1. The molecule has 1 aromatic heterocycles. The largest absolute Gasteiger partial charge is 0.477 e. The number of amides is 1. The molecule has 0 saturated carbocycles. The number of benzene rings is 1. The number of aromatic carboxylic acids is 1. The zero-order valence-electron chi connectivity index (χ0n) is 12.4. The van der Waals surface area contributed by atoms with Crippen LogP contribution in [-0.4, -0.2) is 39.8 Å². The lowest BCUT2D eigenvalue weighted by Gasteiger charge is -2.37. The van der Waals surface area contributed by atoms with E-state index in [1.165, 1.54) is 11.0 Å². The van der Waals surface area contributed by atoms with Gasteiger partial charge < -0.3 is 14.7 Å². The van der Waals surface area contributed by atoms with E-state index in [9.17, 15) is 9.59 Å². The van der Waals surface area contributed by atoms with E-state index in [-0.39, 0.29) is 11.6 Å². The van der Waals surface area contributed by atoms with E-state index in [0.717, 1.165) is 0 Å². The predicted molar refractivity (Wildman–Crippen MR) is 79.1 cm³/mol. The fraction of sp³-hybridized carbons (Fsp3) is 0.267. The molecule has 1 aliphatic heterocycles. The monoisotopic (exact) mass is 301 g/mol. The van der Waals surface area contributed by atoms with Gasteiger partial charge in [-0.2, -0.15) is 5.10 Å². The van der Waals surface area contributed by atoms with E-state index >= 15 is 0 Å². The minimum absolute atomic E-state index is 0.00883. The van der Waals surface area contributed by atoms with Crippen LogP contribution in [0.5, 0.6) is 5.75 Å². The second-order valence-corrected chi connectivity index (χ2v) is 5.63. The minimum Gasteiger partial charge on any atom is -0.477 e. The Kier molecular flexibility index (Phi) is 2.94. The van der Waals surface area contributed by atoms with Crippen molar-refractivity contribution in [1.29, 1.82) is 0 Å². The maximum Gasteiger partial charge on any atom is 0.353 e. The van der Waals surface area contributed by atoms with E-state index in [0.29, 0.717) is 22.7 Å². The summed E-state index contributed by atoms with van der Waals surface area (Å²) in [5.41, 5.74) is 0.916. The number of hydrogen-bond acceptors (Lipinski definition) is 4. The summed E-state index contributed by atoms with van der Waals surface area (Å²) < 4.78 is 5.72. The smallest absolute Gasteiger partial charge is 0.353 e. The van der Waals surface area contributed by atoms with Gasteiger partial charge in [0, 0.05) is 12.6 Å². The quantitative estimate of drug-likeness (QED) is 0.883. The highest BCUT2D eigenvalue weighted by molar-refractivity contribution is 6.02. The molecule has 7 nitrogen and oxygen atoms in total. The van der Waals surface area contributed by atoms with Crippen LogP contribution in [0.1, 0.15) is 24.3 Å².